The molecule has 1 aromatic rings. The number of nitrogens with zero attached hydrogens (tertiary/aromatic N) is 1. The number of hydrogen-bond acceptors (Lipinski definition) is 4. The standard InChI is InChI=1S/C13H18F2N2O3/c1-3-13(4-2,8-18)16-11-6-5-9(17(19)20)7-10(11)12(14)15/h5-7,12,16,18H,3-4,8H2,1-2H3. The first-order valence-electron chi connectivity index (χ1n) is 6.34. The Morgan fingerprint density at radius 2 is 2.00 bits per heavy atom. The number of halogens is 2. The summed E-state index contributed by atoms with van der Waals surface area (Å²) >= 11 is 0. The van der Waals surface area contributed by atoms with Crippen molar-refractivity contribution in [3.05, 3.63) is 33.9 Å². The van der Waals surface area contributed by atoms with Crippen molar-refractivity contribution in [2.24, 2.45) is 0 Å². The van der Waals surface area contributed by atoms with Crippen molar-refractivity contribution in [3.63, 3.8) is 0 Å². The first-order valence-corrected chi connectivity index (χ1v) is 6.34. The fourth-order valence-electron chi connectivity index (χ4n) is 1.93. The zero-order chi connectivity index (χ0) is 15.3. The number of aliphatic hydroxyl groups is 1. The van der Waals surface area contributed by atoms with Crippen LogP contribution in [0, 0.1) is 10.1 Å². The van der Waals surface area contributed by atoms with Crippen molar-refractivity contribution in [3.8, 4) is 0 Å². The van der Waals surface area contributed by atoms with E-state index in [1.54, 1.807) is 0 Å². The second-order valence-electron chi connectivity index (χ2n) is 4.60. The van der Waals surface area contributed by atoms with Gasteiger partial charge in [-0.1, -0.05) is 13.8 Å². The second kappa shape index (κ2) is 6.60. The van der Waals surface area contributed by atoms with Crippen LogP contribution in [-0.4, -0.2) is 22.2 Å². The summed E-state index contributed by atoms with van der Waals surface area (Å²) in [5.74, 6) is 0. The zero-order valence-corrected chi connectivity index (χ0v) is 11.4. The summed E-state index contributed by atoms with van der Waals surface area (Å²) in [5.41, 5.74) is -1.41. The van der Waals surface area contributed by atoms with Gasteiger partial charge in [-0.25, -0.2) is 8.78 Å². The average molecular weight is 288 g/mol. The smallest absolute Gasteiger partial charge is 0.270 e. The van der Waals surface area contributed by atoms with Crippen molar-refractivity contribution in [2.75, 3.05) is 11.9 Å². The van der Waals surface area contributed by atoms with Gasteiger partial charge >= 0.3 is 0 Å². The Morgan fingerprint density at radius 1 is 1.40 bits per heavy atom. The molecule has 0 saturated heterocycles. The molecule has 0 amide bonds. The van der Waals surface area contributed by atoms with E-state index in [1.165, 1.54) is 12.1 Å². The predicted molar refractivity (Wildman–Crippen MR) is 72.1 cm³/mol. The van der Waals surface area contributed by atoms with E-state index in [4.69, 9.17) is 0 Å². The van der Waals surface area contributed by atoms with Crippen molar-refractivity contribution < 1.29 is 18.8 Å². The minimum absolute atomic E-state index is 0.114. The topological polar surface area (TPSA) is 75.4 Å². The molecule has 0 spiro atoms. The summed E-state index contributed by atoms with van der Waals surface area (Å²) in [6.45, 7) is 3.46. The molecule has 112 valence electrons. The maximum Gasteiger partial charge on any atom is 0.270 e. The summed E-state index contributed by atoms with van der Waals surface area (Å²) < 4.78 is 26.1. The number of nitrogens with one attached hydrogen (secondary N) is 1. The van der Waals surface area contributed by atoms with Gasteiger partial charge < -0.3 is 10.4 Å². The van der Waals surface area contributed by atoms with E-state index in [1.807, 2.05) is 13.8 Å². The van der Waals surface area contributed by atoms with Gasteiger partial charge in [0.25, 0.3) is 12.1 Å². The molecule has 7 heteroatoms. The van der Waals surface area contributed by atoms with Gasteiger partial charge in [0.05, 0.1) is 17.1 Å². The van der Waals surface area contributed by atoms with Crippen LogP contribution in [0.3, 0.4) is 0 Å². The number of anilines is 1. The van der Waals surface area contributed by atoms with Crippen LogP contribution < -0.4 is 5.32 Å². The van der Waals surface area contributed by atoms with E-state index in [0.717, 1.165) is 6.07 Å². The number of benzene rings is 1. The lowest BCUT2D eigenvalue weighted by molar-refractivity contribution is -0.385. The molecule has 2 N–H and O–H groups in total. The SMILES string of the molecule is CCC(CC)(CO)Nc1ccc([N+](=O)[O-])cc1C(F)F. The normalized spacial score (nSPS) is 11.7. The van der Waals surface area contributed by atoms with Gasteiger partial charge in [0.15, 0.2) is 0 Å². The molecular formula is C13H18F2N2O3. The van der Waals surface area contributed by atoms with Gasteiger partial charge in [0, 0.05) is 23.4 Å². The summed E-state index contributed by atoms with van der Waals surface area (Å²) in [6.07, 6.45) is -1.75. The summed E-state index contributed by atoms with van der Waals surface area (Å²) in [5, 5.41) is 23.0. The molecule has 1 rings (SSSR count). The Kier molecular flexibility index (Phi) is 5.38. The third-order valence-electron chi connectivity index (χ3n) is 3.54. The van der Waals surface area contributed by atoms with Crippen molar-refractivity contribution >= 4 is 11.4 Å². The molecule has 0 atom stereocenters. The molecule has 0 aliphatic carbocycles. The number of alkyl halides is 2. The minimum atomic E-state index is -2.83. The fourth-order valence-corrected chi connectivity index (χ4v) is 1.93. The van der Waals surface area contributed by atoms with Crippen LogP contribution in [0.5, 0.6) is 0 Å². The second-order valence-corrected chi connectivity index (χ2v) is 4.60. The van der Waals surface area contributed by atoms with Crippen LogP contribution in [0.25, 0.3) is 0 Å². The van der Waals surface area contributed by atoms with E-state index in [9.17, 15) is 24.0 Å². The highest BCUT2D eigenvalue weighted by Gasteiger charge is 2.27. The van der Waals surface area contributed by atoms with Crippen molar-refractivity contribution in [2.45, 2.75) is 38.7 Å². The third kappa shape index (κ3) is 3.41. The summed E-state index contributed by atoms with van der Waals surface area (Å²) in [4.78, 5) is 9.93. The Hall–Kier alpha value is -1.76. The highest BCUT2D eigenvalue weighted by atomic mass is 19.3. The maximum absolute atomic E-state index is 13.0. The summed E-state index contributed by atoms with van der Waals surface area (Å²) in [6, 6.07) is 3.29. The third-order valence-corrected chi connectivity index (χ3v) is 3.54. The summed E-state index contributed by atoms with van der Waals surface area (Å²) in [7, 11) is 0. The van der Waals surface area contributed by atoms with Gasteiger partial charge in [-0.15, -0.1) is 0 Å². The van der Waals surface area contributed by atoms with E-state index in [0.29, 0.717) is 12.8 Å². The van der Waals surface area contributed by atoms with E-state index < -0.39 is 22.5 Å². The zero-order valence-electron chi connectivity index (χ0n) is 11.4. The van der Waals surface area contributed by atoms with Crippen LogP contribution in [0.4, 0.5) is 20.2 Å². The monoisotopic (exact) mass is 288 g/mol. The Bertz CT molecular complexity index is 468. The van der Waals surface area contributed by atoms with Gasteiger partial charge in [-0.3, -0.25) is 10.1 Å². The molecule has 0 aliphatic rings. The Balaban J connectivity index is 3.20. The van der Waals surface area contributed by atoms with Gasteiger partial charge in [0.2, 0.25) is 0 Å². The number of hydrogen-bond donors (Lipinski definition) is 2. The molecule has 0 aliphatic heterocycles. The molecule has 1 aromatic carbocycles. The molecule has 5 nitrogen and oxygen atoms in total. The van der Waals surface area contributed by atoms with E-state index >= 15 is 0 Å². The lowest BCUT2D eigenvalue weighted by Gasteiger charge is -2.32. The highest BCUT2D eigenvalue weighted by molar-refractivity contribution is 5.58. The molecule has 0 fully saturated rings. The predicted octanol–water partition coefficient (Wildman–Crippen LogP) is 3.50. The molecule has 0 aromatic heterocycles. The van der Waals surface area contributed by atoms with E-state index in [2.05, 4.69) is 5.32 Å². The average Bonchev–Trinajstić information content (AvgIpc) is 2.44. The van der Waals surface area contributed by atoms with Crippen LogP contribution >= 0.6 is 0 Å². The Labute approximate surface area is 115 Å². The number of nitro groups is 1. The fraction of sp³-hybridized carbons (Fsp3) is 0.538. The molecule has 0 bridgehead atoms. The molecule has 0 radical (unpaired) electrons. The quantitative estimate of drug-likeness (QED) is 0.595. The van der Waals surface area contributed by atoms with Crippen molar-refractivity contribution in [1.29, 1.82) is 0 Å². The first-order chi connectivity index (χ1) is 9.39. The molecule has 0 unspecified atom stereocenters. The molecule has 20 heavy (non-hydrogen) atoms. The molecule has 0 saturated carbocycles. The van der Waals surface area contributed by atoms with Crippen LogP contribution in [0.15, 0.2) is 18.2 Å². The van der Waals surface area contributed by atoms with Crippen LogP contribution in [0.1, 0.15) is 38.7 Å². The number of rotatable bonds is 7. The first kappa shape index (κ1) is 16.3. The number of non-ortho nitro benzene ring substituents is 1. The number of aliphatic hydroxyl groups excluding tert-OH is 1. The van der Waals surface area contributed by atoms with Crippen LogP contribution in [-0.2, 0) is 0 Å². The molecular weight excluding hydrogens is 270 g/mol. The van der Waals surface area contributed by atoms with Crippen molar-refractivity contribution in [1.82, 2.24) is 0 Å². The Morgan fingerprint density at radius 3 is 2.40 bits per heavy atom. The molecule has 0 heterocycles. The van der Waals surface area contributed by atoms with Gasteiger partial charge in [0.1, 0.15) is 0 Å². The lowest BCUT2D eigenvalue weighted by Crippen LogP contribution is -2.41. The van der Waals surface area contributed by atoms with Crippen LogP contribution in [0.2, 0.25) is 0 Å². The maximum atomic E-state index is 13.0. The lowest BCUT2D eigenvalue weighted by atomic mass is 9.93. The minimum Gasteiger partial charge on any atom is -0.394 e. The largest absolute Gasteiger partial charge is 0.394 e. The van der Waals surface area contributed by atoms with Gasteiger partial charge in [-0.2, -0.15) is 0 Å². The highest BCUT2D eigenvalue weighted by Crippen LogP contribution is 2.33. The number of nitro benzene ring substituents is 1. The van der Waals surface area contributed by atoms with Gasteiger partial charge in [-0.05, 0) is 18.9 Å². The van der Waals surface area contributed by atoms with E-state index in [-0.39, 0.29) is 18.0 Å².